The Morgan fingerprint density at radius 3 is 2.88 bits per heavy atom. The molecule has 1 aliphatic rings. The van der Waals surface area contributed by atoms with E-state index in [2.05, 4.69) is 24.5 Å². The van der Waals surface area contributed by atoms with Gasteiger partial charge in [-0.25, -0.2) is 0 Å². The van der Waals surface area contributed by atoms with Crippen molar-refractivity contribution in [1.29, 1.82) is 0 Å². The zero-order valence-corrected chi connectivity index (χ0v) is 11.6. The summed E-state index contributed by atoms with van der Waals surface area (Å²) in [6, 6.07) is 0. The molecule has 0 N–H and O–H groups in total. The van der Waals surface area contributed by atoms with Crippen molar-refractivity contribution >= 4 is 12.6 Å². The number of ether oxygens (including phenoxy) is 1. The van der Waals surface area contributed by atoms with Gasteiger partial charge in [0.05, 0.1) is 13.2 Å². The largest absolute Gasteiger partial charge is 0.379 e. The molecule has 3 heteroatoms. The molecule has 0 bridgehead atoms. The molecular weight excluding hydrogens is 218 g/mol. The van der Waals surface area contributed by atoms with E-state index >= 15 is 0 Å². The maximum absolute atomic E-state index is 5.48. The third-order valence-corrected chi connectivity index (χ3v) is 3.61. The molecule has 0 aromatic carbocycles. The normalized spacial score (nSPS) is 23.2. The number of hydrogen-bond donors (Lipinski definition) is 1. The maximum atomic E-state index is 5.48. The highest BCUT2D eigenvalue weighted by molar-refractivity contribution is 7.80. The topological polar surface area (TPSA) is 12.5 Å². The van der Waals surface area contributed by atoms with Crippen molar-refractivity contribution in [1.82, 2.24) is 4.90 Å². The molecule has 0 radical (unpaired) electrons. The Balaban J connectivity index is 2.10. The fraction of sp³-hybridized carbons (Fsp3) is 1.00. The predicted molar refractivity (Wildman–Crippen MR) is 73.4 cm³/mol. The molecule has 0 spiro atoms. The van der Waals surface area contributed by atoms with Gasteiger partial charge in [-0.2, -0.15) is 12.6 Å². The van der Waals surface area contributed by atoms with Crippen molar-refractivity contribution in [3.8, 4) is 0 Å². The minimum Gasteiger partial charge on any atom is -0.379 e. The van der Waals surface area contributed by atoms with E-state index < -0.39 is 0 Å². The molecule has 0 aromatic heterocycles. The molecule has 1 fully saturated rings. The van der Waals surface area contributed by atoms with Gasteiger partial charge in [0.25, 0.3) is 0 Å². The Kier molecular flexibility index (Phi) is 8.34. The van der Waals surface area contributed by atoms with Crippen LogP contribution in [0.25, 0.3) is 0 Å². The number of hydrogen-bond acceptors (Lipinski definition) is 3. The Labute approximate surface area is 106 Å². The lowest BCUT2D eigenvalue weighted by Gasteiger charge is -2.19. The molecule has 1 saturated heterocycles. The van der Waals surface area contributed by atoms with Gasteiger partial charge in [0.15, 0.2) is 0 Å². The molecule has 1 heterocycles. The van der Waals surface area contributed by atoms with E-state index in [0.29, 0.717) is 0 Å². The second kappa shape index (κ2) is 9.32. The molecule has 1 rings (SSSR count). The summed E-state index contributed by atoms with van der Waals surface area (Å²) in [5, 5.41) is 0. The molecule has 1 atom stereocenters. The number of thiol groups is 1. The summed E-state index contributed by atoms with van der Waals surface area (Å²) < 4.78 is 5.48. The number of nitrogens with zero attached hydrogens (tertiary/aromatic N) is 1. The van der Waals surface area contributed by atoms with E-state index in [1.165, 1.54) is 45.2 Å². The van der Waals surface area contributed by atoms with Crippen molar-refractivity contribution < 1.29 is 4.74 Å². The quantitative estimate of drug-likeness (QED) is 0.547. The van der Waals surface area contributed by atoms with Crippen LogP contribution in [0.15, 0.2) is 0 Å². The summed E-state index contributed by atoms with van der Waals surface area (Å²) in [6.07, 6.45) is 6.96. The Hall–Kier alpha value is 0.270. The van der Waals surface area contributed by atoms with Crippen molar-refractivity contribution in [2.24, 2.45) is 5.92 Å². The van der Waals surface area contributed by atoms with Crippen molar-refractivity contribution in [3.05, 3.63) is 0 Å². The van der Waals surface area contributed by atoms with Gasteiger partial charge in [0.2, 0.25) is 0 Å². The molecule has 2 nitrogen and oxygen atoms in total. The summed E-state index contributed by atoms with van der Waals surface area (Å²) in [5.41, 5.74) is 0. The monoisotopic (exact) mass is 245 g/mol. The molecule has 0 amide bonds. The van der Waals surface area contributed by atoms with Crippen LogP contribution in [0.2, 0.25) is 0 Å². The van der Waals surface area contributed by atoms with Crippen LogP contribution in [-0.4, -0.2) is 43.5 Å². The highest BCUT2D eigenvalue weighted by Gasteiger charge is 2.15. The standard InChI is InChI=1S/C13H27NOS/c1-2-4-13-5-3-7-14(8-6-13)9-10-15-11-12-16/h13,16H,2-12H2,1H3. The van der Waals surface area contributed by atoms with Crippen LogP contribution >= 0.6 is 12.6 Å². The van der Waals surface area contributed by atoms with E-state index in [4.69, 9.17) is 4.74 Å². The molecule has 96 valence electrons. The summed E-state index contributed by atoms with van der Waals surface area (Å²) >= 11 is 4.13. The molecule has 16 heavy (non-hydrogen) atoms. The first-order valence-electron chi connectivity index (χ1n) is 6.77. The minimum absolute atomic E-state index is 0.787. The van der Waals surface area contributed by atoms with Crippen molar-refractivity contribution in [2.75, 3.05) is 38.6 Å². The molecule has 1 aliphatic heterocycles. The average Bonchev–Trinajstić information content (AvgIpc) is 2.51. The van der Waals surface area contributed by atoms with Gasteiger partial charge in [-0.1, -0.05) is 19.8 Å². The van der Waals surface area contributed by atoms with Crippen LogP contribution in [0.5, 0.6) is 0 Å². The van der Waals surface area contributed by atoms with Crippen LogP contribution in [0.4, 0.5) is 0 Å². The maximum Gasteiger partial charge on any atom is 0.0593 e. The number of rotatable bonds is 7. The first-order chi connectivity index (χ1) is 7.86. The highest BCUT2D eigenvalue weighted by atomic mass is 32.1. The van der Waals surface area contributed by atoms with Crippen LogP contribution in [0.1, 0.15) is 39.0 Å². The predicted octanol–water partition coefficient (Wildman–Crippen LogP) is 2.84. The first kappa shape index (κ1) is 14.3. The van der Waals surface area contributed by atoms with Gasteiger partial charge >= 0.3 is 0 Å². The first-order valence-corrected chi connectivity index (χ1v) is 7.41. The van der Waals surface area contributed by atoms with Crippen molar-refractivity contribution in [2.45, 2.75) is 39.0 Å². The molecule has 0 saturated carbocycles. The molecular formula is C13H27NOS. The third-order valence-electron chi connectivity index (χ3n) is 3.42. The van der Waals surface area contributed by atoms with Crippen LogP contribution < -0.4 is 0 Å². The van der Waals surface area contributed by atoms with Crippen molar-refractivity contribution in [3.63, 3.8) is 0 Å². The fourth-order valence-corrected chi connectivity index (χ4v) is 2.63. The van der Waals surface area contributed by atoms with Crippen LogP contribution in [0.3, 0.4) is 0 Å². The minimum atomic E-state index is 0.787. The summed E-state index contributed by atoms with van der Waals surface area (Å²) in [4.78, 5) is 2.56. The zero-order chi connectivity index (χ0) is 11.6. The molecule has 1 unspecified atom stereocenters. The zero-order valence-electron chi connectivity index (χ0n) is 10.7. The lowest BCUT2D eigenvalue weighted by molar-refractivity contribution is 0.116. The van der Waals surface area contributed by atoms with E-state index in [0.717, 1.165) is 31.4 Å². The summed E-state index contributed by atoms with van der Waals surface area (Å²) in [7, 11) is 0. The van der Waals surface area contributed by atoms with Gasteiger partial charge in [-0.05, 0) is 38.3 Å². The van der Waals surface area contributed by atoms with Gasteiger partial charge in [-0.3, -0.25) is 0 Å². The van der Waals surface area contributed by atoms with E-state index in [-0.39, 0.29) is 0 Å². The van der Waals surface area contributed by atoms with E-state index in [1.807, 2.05) is 0 Å². The fourth-order valence-electron chi connectivity index (χ4n) is 2.51. The van der Waals surface area contributed by atoms with Gasteiger partial charge in [0.1, 0.15) is 0 Å². The summed E-state index contributed by atoms with van der Waals surface area (Å²) in [6.45, 7) is 7.61. The van der Waals surface area contributed by atoms with Crippen LogP contribution in [-0.2, 0) is 4.74 Å². The summed E-state index contributed by atoms with van der Waals surface area (Å²) in [5.74, 6) is 1.81. The van der Waals surface area contributed by atoms with Gasteiger partial charge < -0.3 is 9.64 Å². The smallest absolute Gasteiger partial charge is 0.0593 e. The van der Waals surface area contributed by atoms with Crippen LogP contribution in [0, 0.1) is 5.92 Å². The molecule has 0 aliphatic carbocycles. The van der Waals surface area contributed by atoms with Gasteiger partial charge in [0, 0.05) is 12.3 Å². The third kappa shape index (κ3) is 6.12. The van der Waals surface area contributed by atoms with Gasteiger partial charge in [-0.15, -0.1) is 0 Å². The lowest BCUT2D eigenvalue weighted by Crippen LogP contribution is -2.29. The SMILES string of the molecule is CCCC1CCCN(CCOCCS)CC1. The Morgan fingerprint density at radius 2 is 2.12 bits per heavy atom. The Bertz CT molecular complexity index is 166. The highest BCUT2D eigenvalue weighted by Crippen LogP contribution is 2.21. The second-order valence-corrected chi connectivity index (χ2v) is 5.21. The van der Waals surface area contributed by atoms with E-state index in [1.54, 1.807) is 0 Å². The van der Waals surface area contributed by atoms with E-state index in [9.17, 15) is 0 Å². The number of likely N-dealkylation sites (tertiary alicyclic amines) is 1. The average molecular weight is 245 g/mol. The second-order valence-electron chi connectivity index (χ2n) is 4.76. The Morgan fingerprint density at radius 1 is 1.25 bits per heavy atom. The molecule has 0 aromatic rings. The lowest BCUT2D eigenvalue weighted by atomic mass is 9.96.